The second-order valence-corrected chi connectivity index (χ2v) is 3.26. The van der Waals surface area contributed by atoms with Gasteiger partial charge in [0.2, 0.25) is 0 Å². The molecule has 2 heteroatoms. The number of rotatable bonds is 4. The first-order valence-corrected chi connectivity index (χ1v) is 4.81. The van der Waals surface area contributed by atoms with Crippen LogP contribution in [0.5, 0.6) is 0 Å². The highest BCUT2D eigenvalue weighted by molar-refractivity contribution is 7.80. The van der Waals surface area contributed by atoms with Gasteiger partial charge in [-0.25, -0.2) is 4.39 Å². The topological polar surface area (TPSA) is 0 Å². The van der Waals surface area contributed by atoms with E-state index in [0.29, 0.717) is 0 Å². The Hall–Kier alpha value is -0.500. The third-order valence-corrected chi connectivity index (χ3v) is 2.08. The Balaban J connectivity index is 2.41. The third kappa shape index (κ3) is 3.26. The summed E-state index contributed by atoms with van der Waals surface area (Å²) in [6.07, 6.45) is 3.14. The number of hydrogen-bond donors (Lipinski definition) is 1. The maximum atomic E-state index is 12.7. The molecule has 1 aromatic carbocycles. The van der Waals surface area contributed by atoms with E-state index in [-0.39, 0.29) is 5.82 Å². The average molecular weight is 184 g/mol. The number of halogens is 1. The zero-order valence-electron chi connectivity index (χ0n) is 6.96. The van der Waals surface area contributed by atoms with Gasteiger partial charge in [-0.1, -0.05) is 12.1 Å². The highest BCUT2D eigenvalue weighted by Gasteiger charge is 1.94. The third-order valence-electron chi connectivity index (χ3n) is 1.76. The van der Waals surface area contributed by atoms with Gasteiger partial charge in [0.1, 0.15) is 5.82 Å². The number of thiol groups is 1. The van der Waals surface area contributed by atoms with Crippen LogP contribution in [0.15, 0.2) is 24.3 Å². The molecule has 1 rings (SSSR count). The molecule has 0 saturated heterocycles. The summed E-state index contributed by atoms with van der Waals surface area (Å²) >= 11 is 4.11. The molecule has 66 valence electrons. The molecule has 0 unspecified atom stereocenters. The number of unbranched alkanes of at least 4 members (excludes halogenated alkanes) is 1. The summed E-state index contributed by atoms with van der Waals surface area (Å²) in [5.74, 6) is 0.772. The quantitative estimate of drug-likeness (QED) is 0.539. The van der Waals surface area contributed by atoms with Gasteiger partial charge < -0.3 is 0 Å². The lowest BCUT2D eigenvalue weighted by Gasteiger charge is -1.99. The molecule has 0 saturated carbocycles. The van der Waals surface area contributed by atoms with Crippen molar-refractivity contribution >= 4 is 12.6 Å². The Bertz CT molecular complexity index is 235. The Labute approximate surface area is 78.2 Å². The summed E-state index contributed by atoms with van der Waals surface area (Å²) in [6, 6.07) is 6.79. The Kier molecular flexibility index (Phi) is 4.15. The molecular formula is C10H13FS. The van der Waals surface area contributed by atoms with Crippen molar-refractivity contribution in [3.8, 4) is 0 Å². The molecule has 0 atom stereocenters. The molecule has 1 aromatic rings. The van der Waals surface area contributed by atoms with E-state index in [0.717, 1.165) is 30.6 Å². The fraction of sp³-hybridized carbons (Fsp3) is 0.400. The average Bonchev–Trinajstić information content (AvgIpc) is 2.05. The second kappa shape index (κ2) is 5.20. The zero-order chi connectivity index (χ0) is 8.81. The number of aryl methyl sites for hydroxylation is 1. The predicted octanol–water partition coefficient (Wildman–Crippen LogP) is 3.08. The van der Waals surface area contributed by atoms with Gasteiger partial charge in [-0.2, -0.15) is 12.6 Å². The standard InChI is InChI=1S/C10H13FS/c11-10-6-3-5-9(8-10)4-1-2-7-12/h3,5-6,8,12H,1-2,4,7H2. The summed E-state index contributed by atoms with van der Waals surface area (Å²) < 4.78 is 12.7. The zero-order valence-corrected chi connectivity index (χ0v) is 7.86. The van der Waals surface area contributed by atoms with Gasteiger partial charge in [0, 0.05) is 0 Å². The smallest absolute Gasteiger partial charge is 0.123 e. The molecule has 0 heterocycles. The molecule has 0 fully saturated rings. The van der Waals surface area contributed by atoms with Crippen LogP contribution in [-0.4, -0.2) is 5.75 Å². The van der Waals surface area contributed by atoms with Crippen LogP contribution in [-0.2, 0) is 6.42 Å². The maximum absolute atomic E-state index is 12.7. The molecule has 0 aliphatic heterocycles. The Morgan fingerprint density at radius 3 is 2.75 bits per heavy atom. The molecule has 12 heavy (non-hydrogen) atoms. The number of hydrogen-bond acceptors (Lipinski definition) is 1. The van der Waals surface area contributed by atoms with Gasteiger partial charge in [0.05, 0.1) is 0 Å². The van der Waals surface area contributed by atoms with Gasteiger partial charge in [-0.3, -0.25) is 0 Å². The van der Waals surface area contributed by atoms with Crippen molar-refractivity contribution in [3.05, 3.63) is 35.6 Å². The lowest BCUT2D eigenvalue weighted by atomic mass is 10.1. The van der Waals surface area contributed by atoms with Crippen LogP contribution >= 0.6 is 12.6 Å². The monoisotopic (exact) mass is 184 g/mol. The van der Waals surface area contributed by atoms with Crippen molar-refractivity contribution in [2.24, 2.45) is 0 Å². The van der Waals surface area contributed by atoms with Crippen LogP contribution in [0.1, 0.15) is 18.4 Å². The van der Waals surface area contributed by atoms with Crippen LogP contribution in [0.2, 0.25) is 0 Å². The predicted molar refractivity (Wildman–Crippen MR) is 53.2 cm³/mol. The van der Waals surface area contributed by atoms with E-state index in [1.54, 1.807) is 12.1 Å². The maximum Gasteiger partial charge on any atom is 0.123 e. The SMILES string of the molecule is Fc1cccc(CCCCS)c1. The van der Waals surface area contributed by atoms with E-state index in [2.05, 4.69) is 12.6 Å². The fourth-order valence-electron chi connectivity index (χ4n) is 1.13. The number of benzene rings is 1. The van der Waals surface area contributed by atoms with Gasteiger partial charge in [0.15, 0.2) is 0 Å². The second-order valence-electron chi connectivity index (χ2n) is 2.81. The molecule has 0 bridgehead atoms. The highest BCUT2D eigenvalue weighted by Crippen LogP contribution is 2.07. The van der Waals surface area contributed by atoms with Gasteiger partial charge >= 0.3 is 0 Å². The molecule has 0 aliphatic rings. The summed E-state index contributed by atoms with van der Waals surface area (Å²) in [6.45, 7) is 0. The van der Waals surface area contributed by atoms with Crippen LogP contribution in [0.3, 0.4) is 0 Å². The lowest BCUT2D eigenvalue weighted by Crippen LogP contribution is -1.87. The van der Waals surface area contributed by atoms with Crippen molar-refractivity contribution < 1.29 is 4.39 Å². The first kappa shape index (κ1) is 9.59. The van der Waals surface area contributed by atoms with Gasteiger partial charge in [0.25, 0.3) is 0 Å². The summed E-state index contributed by atoms with van der Waals surface area (Å²) in [5.41, 5.74) is 1.08. The molecule has 0 spiro atoms. The Morgan fingerprint density at radius 1 is 1.25 bits per heavy atom. The van der Waals surface area contributed by atoms with E-state index in [9.17, 15) is 4.39 Å². The molecule has 0 radical (unpaired) electrons. The minimum atomic E-state index is -0.140. The Morgan fingerprint density at radius 2 is 2.08 bits per heavy atom. The van der Waals surface area contributed by atoms with E-state index in [1.807, 2.05) is 6.07 Å². The van der Waals surface area contributed by atoms with E-state index < -0.39 is 0 Å². The van der Waals surface area contributed by atoms with Crippen LogP contribution < -0.4 is 0 Å². The van der Waals surface area contributed by atoms with Crippen LogP contribution in [0, 0.1) is 5.82 Å². The summed E-state index contributed by atoms with van der Waals surface area (Å²) in [4.78, 5) is 0. The highest BCUT2D eigenvalue weighted by atomic mass is 32.1. The van der Waals surface area contributed by atoms with Gasteiger partial charge in [-0.15, -0.1) is 0 Å². The van der Waals surface area contributed by atoms with Crippen molar-refractivity contribution in [2.75, 3.05) is 5.75 Å². The van der Waals surface area contributed by atoms with Crippen molar-refractivity contribution in [1.82, 2.24) is 0 Å². The molecule has 0 nitrogen and oxygen atoms in total. The van der Waals surface area contributed by atoms with Crippen molar-refractivity contribution in [3.63, 3.8) is 0 Å². The molecule has 0 aliphatic carbocycles. The van der Waals surface area contributed by atoms with E-state index in [4.69, 9.17) is 0 Å². The van der Waals surface area contributed by atoms with E-state index in [1.165, 1.54) is 6.07 Å². The van der Waals surface area contributed by atoms with Crippen LogP contribution in [0.4, 0.5) is 4.39 Å². The molecule has 0 N–H and O–H groups in total. The normalized spacial score (nSPS) is 10.2. The van der Waals surface area contributed by atoms with Crippen LogP contribution in [0.25, 0.3) is 0 Å². The van der Waals surface area contributed by atoms with Gasteiger partial charge in [-0.05, 0) is 42.7 Å². The molecular weight excluding hydrogens is 171 g/mol. The van der Waals surface area contributed by atoms with Crippen molar-refractivity contribution in [1.29, 1.82) is 0 Å². The fourth-order valence-corrected chi connectivity index (χ4v) is 1.36. The first-order chi connectivity index (χ1) is 5.83. The summed E-state index contributed by atoms with van der Waals surface area (Å²) in [7, 11) is 0. The molecule has 0 aromatic heterocycles. The van der Waals surface area contributed by atoms with Crippen molar-refractivity contribution in [2.45, 2.75) is 19.3 Å². The first-order valence-electron chi connectivity index (χ1n) is 4.18. The minimum absolute atomic E-state index is 0.140. The lowest BCUT2D eigenvalue weighted by molar-refractivity contribution is 0.624. The van der Waals surface area contributed by atoms with E-state index >= 15 is 0 Å². The molecule has 0 amide bonds. The largest absolute Gasteiger partial charge is 0.207 e. The minimum Gasteiger partial charge on any atom is -0.207 e. The summed E-state index contributed by atoms with van der Waals surface area (Å²) in [5, 5.41) is 0.